The van der Waals surface area contributed by atoms with Crippen LogP contribution in [-0.2, 0) is 4.84 Å². The molecule has 0 aromatic heterocycles. The lowest BCUT2D eigenvalue weighted by Gasteiger charge is -2.18. The van der Waals surface area contributed by atoms with Crippen molar-refractivity contribution in [2.24, 2.45) is 10.6 Å². The molecule has 0 heterocycles. The minimum Gasteiger partial charge on any atom is -0.493 e. The van der Waals surface area contributed by atoms with E-state index in [1.807, 2.05) is 24.3 Å². The molecule has 1 aromatic rings. The SMILES string of the molecule is CON=Cc1cccc(OCC(C)(C)C)c1. The van der Waals surface area contributed by atoms with E-state index in [0.717, 1.165) is 11.3 Å². The van der Waals surface area contributed by atoms with Gasteiger partial charge in [-0.25, -0.2) is 0 Å². The smallest absolute Gasteiger partial charge is 0.119 e. The van der Waals surface area contributed by atoms with Crippen molar-refractivity contribution in [2.75, 3.05) is 13.7 Å². The van der Waals surface area contributed by atoms with Crippen LogP contribution in [0.2, 0.25) is 0 Å². The van der Waals surface area contributed by atoms with E-state index in [0.29, 0.717) is 6.61 Å². The minimum absolute atomic E-state index is 0.163. The monoisotopic (exact) mass is 221 g/mol. The average Bonchev–Trinajstić information content (AvgIpc) is 2.23. The number of benzene rings is 1. The van der Waals surface area contributed by atoms with Crippen molar-refractivity contribution in [3.8, 4) is 5.75 Å². The zero-order valence-corrected chi connectivity index (χ0v) is 10.4. The van der Waals surface area contributed by atoms with Crippen molar-refractivity contribution >= 4 is 6.21 Å². The summed E-state index contributed by atoms with van der Waals surface area (Å²) in [5.74, 6) is 0.856. The molecule has 88 valence electrons. The number of hydrogen-bond acceptors (Lipinski definition) is 3. The summed E-state index contributed by atoms with van der Waals surface area (Å²) < 4.78 is 5.69. The van der Waals surface area contributed by atoms with Crippen LogP contribution in [0.4, 0.5) is 0 Å². The van der Waals surface area contributed by atoms with Crippen molar-refractivity contribution < 1.29 is 9.57 Å². The third kappa shape index (κ3) is 4.82. The van der Waals surface area contributed by atoms with Gasteiger partial charge < -0.3 is 9.57 Å². The highest BCUT2D eigenvalue weighted by Crippen LogP contribution is 2.18. The van der Waals surface area contributed by atoms with Gasteiger partial charge in [0.1, 0.15) is 12.9 Å². The van der Waals surface area contributed by atoms with Crippen molar-refractivity contribution in [3.05, 3.63) is 29.8 Å². The Kier molecular flexibility index (Phi) is 4.35. The van der Waals surface area contributed by atoms with Crippen LogP contribution in [0, 0.1) is 5.41 Å². The van der Waals surface area contributed by atoms with Crippen LogP contribution in [0.1, 0.15) is 26.3 Å². The molecule has 0 aliphatic carbocycles. The quantitative estimate of drug-likeness (QED) is 0.578. The number of oxime groups is 1. The Bertz CT molecular complexity index is 353. The summed E-state index contributed by atoms with van der Waals surface area (Å²) in [4.78, 5) is 4.63. The lowest BCUT2D eigenvalue weighted by Crippen LogP contribution is -2.16. The summed E-state index contributed by atoms with van der Waals surface area (Å²) in [7, 11) is 1.52. The van der Waals surface area contributed by atoms with Gasteiger partial charge in [0.15, 0.2) is 0 Å². The molecule has 0 unspecified atom stereocenters. The summed E-state index contributed by atoms with van der Waals surface area (Å²) in [6.45, 7) is 7.12. The van der Waals surface area contributed by atoms with Gasteiger partial charge >= 0.3 is 0 Å². The lowest BCUT2D eigenvalue weighted by atomic mass is 9.99. The van der Waals surface area contributed by atoms with Gasteiger partial charge in [0.25, 0.3) is 0 Å². The largest absolute Gasteiger partial charge is 0.493 e. The van der Waals surface area contributed by atoms with Crippen LogP contribution >= 0.6 is 0 Å². The highest BCUT2D eigenvalue weighted by molar-refractivity contribution is 5.79. The zero-order valence-electron chi connectivity index (χ0n) is 10.4. The van der Waals surface area contributed by atoms with Gasteiger partial charge in [-0.3, -0.25) is 0 Å². The summed E-state index contributed by atoms with van der Waals surface area (Å²) in [6.07, 6.45) is 1.66. The third-order valence-corrected chi connectivity index (χ3v) is 1.84. The molecule has 0 spiro atoms. The molecule has 3 nitrogen and oxygen atoms in total. The van der Waals surface area contributed by atoms with Crippen LogP contribution in [0.15, 0.2) is 29.4 Å². The zero-order chi connectivity index (χ0) is 12.0. The molecular weight excluding hydrogens is 202 g/mol. The van der Waals surface area contributed by atoms with Crippen molar-refractivity contribution in [2.45, 2.75) is 20.8 Å². The van der Waals surface area contributed by atoms with Crippen LogP contribution in [0.3, 0.4) is 0 Å². The maximum atomic E-state index is 5.69. The van der Waals surface area contributed by atoms with Gasteiger partial charge in [-0.1, -0.05) is 38.1 Å². The first-order valence-electron chi connectivity index (χ1n) is 5.31. The molecule has 0 bridgehead atoms. The summed E-state index contributed by atoms with van der Waals surface area (Å²) in [5.41, 5.74) is 1.13. The van der Waals surface area contributed by atoms with E-state index in [-0.39, 0.29) is 5.41 Å². The van der Waals surface area contributed by atoms with Gasteiger partial charge in [0.2, 0.25) is 0 Å². The molecule has 0 amide bonds. The number of hydrogen-bond donors (Lipinski definition) is 0. The predicted molar refractivity (Wildman–Crippen MR) is 66.0 cm³/mol. The minimum atomic E-state index is 0.163. The lowest BCUT2D eigenvalue weighted by molar-refractivity contribution is 0.198. The van der Waals surface area contributed by atoms with Crippen molar-refractivity contribution in [3.63, 3.8) is 0 Å². The fourth-order valence-corrected chi connectivity index (χ4v) is 1.10. The topological polar surface area (TPSA) is 30.8 Å². The molecule has 0 saturated carbocycles. The van der Waals surface area contributed by atoms with E-state index >= 15 is 0 Å². The average molecular weight is 221 g/mol. The summed E-state index contributed by atoms with van der Waals surface area (Å²) >= 11 is 0. The second-order valence-corrected chi connectivity index (χ2v) is 4.84. The third-order valence-electron chi connectivity index (χ3n) is 1.84. The molecule has 1 aromatic carbocycles. The normalized spacial score (nSPS) is 11.8. The first kappa shape index (κ1) is 12.6. The van der Waals surface area contributed by atoms with Gasteiger partial charge in [-0.2, -0.15) is 0 Å². The predicted octanol–water partition coefficient (Wildman–Crippen LogP) is 3.09. The van der Waals surface area contributed by atoms with Gasteiger partial charge in [0.05, 0.1) is 12.8 Å². The van der Waals surface area contributed by atoms with Crippen LogP contribution in [0.5, 0.6) is 5.75 Å². The first-order valence-corrected chi connectivity index (χ1v) is 5.31. The van der Waals surface area contributed by atoms with E-state index in [1.54, 1.807) is 6.21 Å². The van der Waals surface area contributed by atoms with Crippen LogP contribution in [-0.4, -0.2) is 19.9 Å². The molecule has 0 aliphatic rings. The fraction of sp³-hybridized carbons (Fsp3) is 0.462. The Morgan fingerprint density at radius 1 is 1.31 bits per heavy atom. The molecule has 0 fully saturated rings. The summed E-state index contributed by atoms with van der Waals surface area (Å²) in [5, 5.41) is 3.71. The molecule has 0 N–H and O–H groups in total. The van der Waals surface area contributed by atoms with Gasteiger partial charge in [-0.15, -0.1) is 0 Å². The van der Waals surface area contributed by atoms with E-state index in [4.69, 9.17) is 4.74 Å². The Labute approximate surface area is 97.1 Å². The fourth-order valence-electron chi connectivity index (χ4n) is 1.10. The van der Waals surface area contributed by atoms with Gasteiger partial charge in [-0.05, 0) is 23.1 Å². The van der Waals surface area contributed by atoms with Crippen molar-refractivity contribution in [1.29, 1.82) is 0 Å². The highest BCUT2D eigenvalue weighted by atomic mass is 16.6. The Morgan fingerprint density at radius 3 is 2.69 bits per heavy atom. The van der Waals surface area contributed by atoms with E-state index in [2.05, 4.69) is 30.8 Å². The molecule has 0 atom stereocenters. The Morgan fingerprint density at radius 2 is 2.06 bits per heavy atom. The Hall–Kier alpha value is -1.51. The number of ether oxygens (including phenoxy) is 1. The van der Waals surface area contributed by atoms with Crippen LogP contribution in [0.25, 0.3) is 0 Å². The van der Waals surface area contributed by atoms with Crippen molar-refractivity contribution in [1.82, 2.24) is 0 Å². The molecular formula is C13H19NO2. The molecule has 3 heteroatoms. The standard InChI is InChI=1S/C13H19NO2/c1-13(2,3)10-16-12-7-5-6-11(8-12)9-14-15-4/h5-9H,10H2,1-4H3. The second-order valence-electron chi connectivity index (χ2n) is 4.84. The second kappa shape index (κ2) is 5.54. The number of rotatable bonds is 4. The van der Waals surface area contributed by atoms with Gasteiger partial charge in [0, 0.05) is 0 Å². The molecule has 0 aliphatic heterocycles. The van der Waals surface area contributed by atoms with Crippen LogP contribution < -0.4 is 4.74 Å². The van der Waals surface area contributed by atoms with E-state index in [9.17, 15) is 0 Å². The molecule has 16 heavy (non-hydrogen) atoms. The maximum absolute atomic E-state index is 5.69. The molecule has 0 saturated heterocycles. The van der Waals surface area contributed by atoms with E-state index in [1.165, 1.54) is 7.11 Å². The first-order chi connectivity index (χ1) is 7.51. The Balaban J connectivity index is 2.64. The molecule has 1 rings (SSSR count). The number of nitrogens with zero attached hydrogens (tertiary/aromatic N) is 1. The molecule has 0 radical (unpaired) electrons. The van der Waals surface area contributed by atoms with E-state index < -0.39 is 0 Å². The summed E-state index contributed by atoms with van der Waals surface area (Å²) in [6, 6.07) is 7.77. The maximum Gasteiger partial charge on any atom is 0.119 e. The highest BCUT2D eigenvalue weighted by Gasteiger charge is 2.10.